The van der Waals surface area contributed by atoms with Crippen LogP contribution < -0.4 is 4.74 Å². The number of benzene rings is 2. The Morgan fingerprint density at radius 3 is 2.58 bits per heavy atom. The van der Waals surface area contributed by atoms with Crippen molar-refractivity contribution in [3.63, 3.8) is 0 Å². The van der Waals surface area contributed by atoms with Crippen LogP contribution in [0.2, 0.25) is 0 Å². The van der Waals surface area contributed by atoms with Crippen LogP contribution in [0.3, 0.4) is 0 Å². The number of ether oxygens (including phenoxy) is 2. The molecule has 0 aliphatic carbocycles. The van der Waals surface area contributed by atoms with Crippen LogP contribution >= 0.6 is 0 Å². The molecular formula is C19H15N3O4. The molecule has 3 aromatic rings. The molecule has 0 aliphatic rings. The summed E-state index contributed by atoms with van der Waals surface area (Å²) in [4.78, 5) is 12.0. The van der Waals surface area contributed by atoms with Crippen molar-refractivity contribution >= 4 is 5.97 Å². The van der Waals surface area contributed by atoms with Gasteiger partial charge in [-0.1, -0.05) is 18.2 Å². The molecule has 0 amide bonds. The van der Waals surface area contributed by atoms with Crippen LogP contribution in [0, 0.1) is 11.3 Å². The SMILES string of the molecule is C[C@H](Oc1ccc(C#N)cc1)C(=O)OCc1nnc(-c2ccccc2)o1. The molecule has 0 unspecified atom stereocenters. The molecule has 0 fully saturated rings. The van der Waals surface area contributed by atoms with Gasteiger partial charge in [0, 0.05) is 5.56 Å². The third-order valence-electron chi connectivity index (χ3n) is 3.45. The summed E-state index contributed by atoms with van der Waals surface area (Å²) >= 11 is 0. The average Bonchev–Trinajstić information content (AvgIpc) is 3.16. The van der Waals surface area contributed by atoms with Crippen LogP contribution in [-0.4, -0.2) is 22.3 Å². The highest BCUT2D eigenvalue weighted by Crippen LogP contribution is 2.18. The predicted octanol–water partition coefficient (Wildman–Crippen LogP) is 3.12. The standard InChI is InChI=1S/C19H15N3O4/c1-13(25-16-9-7-14(11-20)8-10-16)19(23)24-12-17-21-22-18(26-17)15-5-3-2-4-6-15/h2-10,13H,12H2,1H3/t13-/m0/s1. The van der Waals surface area contributed by atoms with E-state index in [4.69, 9.17) is 19.2 Å². The van der Waals surface area contributed by atoms with E-state index in [1.54, 1.807) is 31.2 Å². The molecule has 26 heavy (non-hydrogen) atoms. The van der Waals surface area contributed by atoms with Gasteiger partial charge in [0.05, 0.1) is 11.6 Å². The summed E-state index contributed by atoms with van der Waals surface area (Å²) in [6.45, 7) is 1.43. The molecule has 0 saturated carbocycles. The first kappa shape index (κ1) is 17.2. The van der Waals surface area contributed by atoms with Gasteiger partial charge in [-0.25, -0.2) is 4.79 Å². The van der Waals surface area contributed by atoms with Gasteiger partial charge >= 0.3 is 5.97 Å². The quantitative estimate of drug-likeness (QED) is 0.630. The minimum atomic E-state index is -0.820. The first-order valence-electron chi connectivity index (χ1n) is 7.87. The smallest absolute Gasteiger partial charge is 0.347 e. The second-order valence-electron chi connectivity index (χ2n) is 5.37. The minimum absolute atomic E-state index is 0.139. The maximum Gasteiger partial charge on any atom is 0.347 e. The summed E-state index contributed by atoms with van der Waals surface area (Å²) < 4.78 is 16.1. The number of rotatable bonds is 6. The molecule has 1 heterocycles. The second-order valence-corrected chi connectivity index (χ2v) is 5.37. The minimum Gasteiger partial charge on any atom is -0.479 e. The fraction of sp³-hybridized carbons (Fsp3) is 0.158. The van der Waals surface area contributed by atoms with Crippen LogP contribution in [0.1, 0.15) is 18.4 Å². The van der Waals surface area contributed by atoms with Crippen molar-refractivity contribution in [2.24, 2.45) is 0 Å². The summed E-state index contributed by atoms with van der Waals surface area (Å²) in [6, 6.07) is 17.8. The van der Waals surface area contributed by atoms with Gasteiger partial charge in [0.2, 0.25) is 5.89 Å². The van der Waals surface area contributed by atoms with E-state index >= 15 is 0 Å². The average molecular weight is 349 g/mol. The fourth-order valence-electron chi connectivity index (χ4n) is 2.12. The maximum atomic E-state index is 12.0. The number of aromatic nitrogens is 2. The normalized spacial score (nSPS) is 11.4. The lowest BCUT2D eigenvalue weighted by Gasteiger charge is -2.13. The summed E-state index contributed by atoms with van der Waals surface area (Å²) in [5.41, 5.74) is 1.30. The summed E-state index contributed by atoms with van der Waals surface area (Å²) in [5, 5.41) is 16.6. The first-order valence-corrected chi connectivity index (χ1v) is 7.87. The fourth-order valence-corrected chi connectivity index (χ4v) is 2.12. The monoisotopic (exact) mass is 349 g/mol. The van der Waals surface area contributed by atoms with E-state index in [-0.39, 0.29) is 12.5 Å². The van der Waals surface area contributed by atoms with Gasteiger partial charge in [0.15, 0.2) is 12.7 Å². The third-order valence-corrected chi connectivity index (χ3v) is 3.45. The second kappa shape index (κ2) is 7.94. The van der Waals surface area contributed by atoms with Gasteiger partial charge in [-0.05, 0) is 43.3 Å². The topological polar surface area (TPSA) is 98.2 Å². The largest absolute Gasteiger partial charge is 0.479 e. The van der Waals surface area contributed by atoms with Gasteiger partial charge in [-0.3, -0.25) is 0 Å². The van der Waals surface area contributed by atoms with E-state index < -0.39 is 12.1 Å². The zero-order chi connectivity index (χ0) is 18.4. The first-order chi connectivity index (χ1) is 12.7. The molecule has 0 aliphatic heterocycles. The molecule has 0 bridgehead atoms. The van der Waals surface area contributed by atoms with E-state index in [1.165, 1.54) is 0 Å². The lowest BCUT2D eigenvalue weighted by molar-refractivity contribution is -0.153. The van der Waals surface area contributed by atoms with Crippen molar-refractivity contribution in [3.8, 4) is 23.3 Å². The van der Waals surface area contributed by atoms with Crippen LogP contribution in [0.5, 0.6) is 5.75 Å². The van der Waals surface area contributed by atoms with E-state index in [1.807, 2.05) is 36.4 Å². The molecule has 2 aromatic carbocycles. The van der Waals surface area contributed by atoms with Crippen molar-refractivity contribution in [3.05, 3.63) is 66.1 Å². The number of carbonyl (C=O) groups excluding carboxylic acids is 1. The number of esters is 1. The number of nitriles is 1. The van der Waals surface area contributed by atoms with Gasteiger partial charge in [0.1, 0.15) is 5.75 Å². The Bertz CT molecular complexity index is 914. The summed E-state index contributed by atoms with van der Waals surface area (Å²) in [7, 11) is 0. The molecule has 0 spiro atoms. The highest BCUT2D eigenvalue weighted by molar-refractivity contribution is 5.74. The Morgan fingerprint density at radius 2 is 1.88 bits per heavy atom. The molecule has 1 atom stereocenters. The van der Waals surface area contributed by atoms with E-state index in [0.717, 1.165) is 5.56 Å². The number of hydrogen-bond donors (Lipinski definition) is 0. The van der Waals surface area contributed by atoms with Crippen molar-refractivity contribution < 1.29 is 18.7 Å². The Morgan fingerprint density at radius 1 is 1.15 bits per heavy atom. The molecule has 130 valence electrons. The highest BCUT2D eigenvalue weighted by Gasteiger charge is 2.18. The van der Waals surface area contributed by atoms with Gasteiger partial charge in [-0.2, -0.15) is 5.26 Å². The molecule has 0 radical (unpaired) electrons. The Hall–Kier alpha value is -3.66. The maximum absolute atomic E-state index is 12.0. The summed E-state index contributed by atoms with van der Waals surface area (Å²) in [5.74, 6) is 0.465. The van der Waals surface area contributed by atoms with Gasteiger partial charge in [-0.15, -0.1) is 10.2 Å². The Balaban J connectivity index is 1.53. The van der Waals surface area contributed by atoms with Gasteiger partial charge in [0.25, 0.3) is 5.89 Å². The predicted molar refractivity (Wildman–Crippen MR) is 90.8 cm³/mol. The van der Waals surface area contributed by atoms with E-state index in [2.05, 4.69) is 10.2 Å². The highest BCUT2D eigenvalue weighted by atomic mass is 16.6. The molecular weight excluding hydrogens is 334 g/mol. The molecule has 0 saturated heterocycles. The summed E-state index contributed by atoms with van der Waals surface area (Å²) in [6.07, 6.45) is -0.820. The third kappa shape index (κ3) is 4.24. The lowest BCUT2D eigenvalue weighted by Crippen LogP contribution is -2.26. The molecule has 0 N–H and O–H groups in total. The molecule has 1 aromatic heterocycles. The van der Waals surface area contributed by atoms with Crippen LogP contribution in [0.4, 0.5) is 0 Å². The molecule has 7 heteroatoms. The van der Waals surface area contributed by atoms with Crippen LogP contribution in [-0.2, 0) is 16.1 Å². The zero-order valence-corrected chi connectivity index (χ0v) is 14.0. The van der Waals surface area contributed by atoms with Crippen LogP contribution in [0.25, 0.3) is 11.5 Å². The van der Waals surface area contributed by atoms with Crippen LogP contribution in [0.15, 0.2) is 59.0 Å². The number of hydrogen-bond acceptors (Lipinski definition) is 7. The van der Waals surface area contributed by atoms with Crippen molar-refractivity contribution in [1.29, 1.82) is 5.26 Å². The number of carbonyl (C=O) groups is 1. The zero-order valence-electron chi connectivity index (χ0n) is 14.0. The van der Waals surface area contributed by atoms with Crippen molar-refractivity contribution in [1.82, 2.24) is 10.2 Å². The van der Waals surface area contributed by atoms with Crippen molar-refractivity contribution in [2.45, 2.75) is 19.6 Å². The number of nitrogens with zero attached hydrogens (tertiary/aromatic N) is 3. The van der Waals surface area contributed by atoms with E-state index in [9.17, 15) is 4.79 Å². The Kier molecular flexibility index (Phi) is 5.25. The Labute approximate surface area is 149 Å². The molecule has 3 rings (SSSR count). The van der Waals surface area contributed by atoms with E-state index in [0.29, 0.717) is 17.2 Å². The lowest BCUT2D eigenvalue weighted by atomic mass is 10.2. The van der Waals surface area contributed by atoms with Crippen molar-refractivity contribution in [2.75, 3.05) is 0 Å². The van der Waals surface area contributed by atoms with Gasteiger partial charge < -0.3 is 13.9 Å². The molecule has 7 nitrogen and oxygen atoms in total.